The van der Waals surface area contributed by atoms with Gasteiger partial charge < -0.3 is 21.7 Å². The Morgan fingerprint density at radius 3 is 2.81 bits per heavy atom. The molecule has 1 heterocycles. The minimum atomic E-state index is -0.135. The van der Waals surface area contributed by atoms with Crippen molar-refractivity contribution in [2.75, 3.05) is 24.7 Å². The molecular weight excluding hydrogens is 442 g/mol. The van der Waals surface area contributed by atoms with Crippen LogP contribution in [0.2, 0.25) is 0 Å². The molecule has 2 fully saturated rings. The zero-order valence-corrected chi connectivity index (χ0v) is 20.9. The van der Waals surface area contributed by atoms with Crippen molar-refractivity contribution >= 4 is 33.3 Å². The third-order valence-electron chi connectivity index (χ3n) is 9.09. The third-order valence-corrected chi connectivity index (χ3v) is 11.6. The Morgan fingerprint density at radius 2 is 2.09 bits per heavy atom. The standard InChI is InChI=1S/C24H39N3O3S2/c1-23-7-9-31-32-14-17(27-22(25)26)4-2-5-18-20-11-16(23)10-15(13-29)19(6-3-8-28)24(20,23)12-21(18)30/h15-17,19,28-29H,2-14H2,1H3,(H4,25,26,27). The zero-order chi connectivity index (χ0) is 22.9. The summed E-state index contributed by atoms with van der Waals surface area (Å²) < 4.78 is 0. The van der Waals surface area contributed by atoms with E-state index >= 15 is 0 Å². The number of ketones is 1. The number of hydrogen-bond donors (Lipinski definition) is 4. The molecule has 2 saturated carbocycles. The van der Waals surface area contributed by atoms with Crippen molar-refractivity contribution in [3.05, 3.63) is 11.1 Å². The van der Waals surface area contributed by atoms with Crippen LogP contribution in [-0.2, 0) is 4.79 Å². The fourth-order valence-corrected chi connectivity index (χ4v) is 10.2. The number of aliphatic imine (C=N–C) groups is 1. The van der Waals surface area contributed by atoms with Gasteiger partial charge in [0.05, 0.1) is 6.04 Å². The highest BCUT2D eigenvalue weighted by atomic mass is 33.1. The lowest BCUT2D eigenvalue weighted by atomic mass is 9.47. The first-order chi connectivity index (χ1) is 15.4. The summed E-state index contributed by atoms with van der Waals surface area (Å²) >= 11 is 0. The van der Waals surface area contributed by atoms with Crippen LogP contribution in [0.15, 0.2) is 16.1 Å². The summed E-state index contributed by atoms with van der Waals surface area (Å²) in [5, 5.41) is 19.9. The molecule has 0 aromatic rings. The van der Waals surface area contributed by atoms with Crippen molar-refractivity contribution in [1.82, 2.24) is 0 Å². The first kappa shape index (κ1) is 24.4. The summed E-state index contributed by atoms with van der Waals surface area (Å²) in [7, 11) is 3.77. The Morgan fingerprint density at radius 1 is 1.28 bits per heavy atom. The molecule has 1 aliphatic heterocycles. The number of aliphatic hydroxyl groups is 2. The van der Waals surface area contributed by atoms with Crippen LogP contribution in [0.3, 0.4) is 0 Å². The Balaban J connectivity index is 1.73. The molecule has 0 amide bonds. The van der Waals surface area contributed by atoms with Crippen LogP contribution in [0.4, 0.5) is 0 Å². The highest BCUT2D eigenvalue weighted by Gasteiger charge is 2.69. The van der Waals surface area contributed by atoms with Crippen molar-refractivity contribution < 1.29 is 15.0 Å². The molecule has 8 heteroatoms. The maximum absolute atomic E-state index is 13.5. The average Bonchev–Trinajstić information content (AvgIpc) is 3.08. The summed E-state index contributed by atoms with van der Waals surface area (Å²) in [4.78, 5) is 17.9. The summed E-state index contributed by atoms with van der Waals surface area (Å²) in [5.41, 5.74) is 13.8. The van der Waals surface area contributed by atoms with E-state index in [0.717, 1.165) is 68.4 Å². The molecule has 0 radical (unpaired) electrons. The van der Waals surface area contributed by atoms with Gasteiger partial charge in [-0.1, -0.05) is 34.1 Å². The summed E-state index contributed by atoms with van der Waals surface area (Å²) in [6.07, 6.45) is 7.98. The molecule has 5 bridgehead atoms. The van der Waals surface area contributed by atoms with E-state index < -0.39 is 0 Å². The molecule has 6 unspecified atom stereocenters. The van der Waals surface area contributed by atoms with E-state index in [4.69, 9.17) is 11.5 Å². The van der Waals surface area contributed by atoms with Crippen LogP contribution in [0, 0.1) is 28.6 Å². The van der Waals surface area contributed by atoms with Gasteiger partial charge in [0.15, 0.2) is 11.7 Å². The molecule has 6 nitrogen and oxygen atoms in total. The summed E-state index contributed by atoms with van der Waals surface area (Å²) in [5.74, 6) is 3.44. The van der Waals surface area contributed by atoms with Gasteiger partial charge >= 0.3 is 0 Å². The van der Waals surface area contributed by atoms with E-state index in [1.165, 1.54) is 5.57 Å². The molecular formula is C24H39N3O3S2. The summed E-state index contributed by atoms with van der Waals surface area (Å²) in [6.45, 7) is 2.79. The number of rotatable bonds is 5. The third kappa shape index (κ3) is 4.03. The van der Waals surface area contributed by atoms with Crippen LogP contribution in [-0.4, -0.2) is 52.7 Å². The number of nitrogens with two attached hydrogens (primary N) is 2. The van der Waals surface area contributed by atoms with E-state index in [-0.39, 0.29) is 47.9 Å². The van der Waals surface area contributed by atoms with Gasteiger partial charge in [0.25, 0.3) is 0 Å². The Labute approximate surface area is 199 Å². The predicted octanol–water partition coefficient (Wildman–Crippen LogP) is 3.27. The SMILES string of the molecule is CC12CCSSCC(N=C(N)N)CCCC3=C4CC1CC(CO)C(CCCO)C42CC3=O. The van der Waals surface area contributed by atoms with Gasteiger partial charge in [-0.15, -0.1) is 0 Å². The van der Waals surface area contributed by atoms with E-state index in [2.05, 4.69) is 11.9 Å². The van der Waals surface area contributed by atoms with Gasteiger partial charge in [0.2, 0.25) is 0 Å². The lowest BCUT2D eigenvalue weighted by Gasteiger charge is -2.57. The minimum Gasteiger partial charge on any atom is -0.396 e. The fraction of sp³-hybridized carbons (Fsp3) is 0.833. The second kappa shape index (κ2) is 9.88. The highest BCUT2D eigenvalue weighted by molar-refractivity contribution is 8.76. The minimum absolute atomic E-state index is 0.0758. The molecule has 4 rings (SSSR count). The Bertz CT molecular complexity index is 784. The molecule has 0 aromatic heterocycles. The normalized spacial score (nSPS) is 39.9. The summed E-state index contributed by atoms with van der Waals surface area (Å²) in [6, 6.07) is 0.0948. The lowest BCUT2D eigenvalue weighted by molar-refractivity contribution is -0.125. The monoisotopic (exact) mass is 481 g/mol. The molecule has 180 valence electrons. The van der Waals surface area contributed by atoms with E-state index in [9.17, 15) is 15.0 Å². The first-order valence-electron chi connectivity index (χ1n) is 12.2. The number of nitrogens with zero attached hydrogens (tertiary/aromatic N) is 1. The van der Waals surface area contributed by atoms with Gasteiger partial charge in [-0.25, -0.2) is 4.99 Å². The average molecular weight is 482 g/mol. The lowest BCUT2D eigenvalue weighted by Crippen LogP contribution is -2.52. The second-order valence-electron chi connectivity index (χ2n) is 10.5. The molecule has 6 atom stereocenters. The van der Waals surface area contributed by atoms with Crippen molar-refractivity contribution in [1.29, 1.82) is 0 Å². The topological polar surface area (TPSA) is 122 Å². The van der Waals surface area contributed by atoms with Gasteiger partial charge in [0, 0.05) is 36.6 Å². The van der Waals surface area contributed by atoms with Gasteiger partial charge in [-0.3, -0.25) is 4.79 Å². The molecule has 4 aliphatic rings. The largest absolute Gasteiger partial charge is 0.396 e. The zero-order valence-electron chi connectivity index (χ0n) is 19.2. The smallest absolute Gasteiger partial charge is 0.186 e. The van der Waals surface area contributed by atoms with Crippen LogP contribution in [0.1, 0.15) is 64.7 Å². The van der Waals surface area contributed by atoms with Crippen molar-refractivity contribution in [2.24, 2.45) is 45.0 Å². The number of Topliss-reactive ketones (excluding diaryl/α,β-unsaturated/α-hetero) is 1. The van der Waals surface area contributed by atoms with Crippen LogP contribution >= 0.6 is 21.6 Å². The first-order valence-corrected chi connectivity index (χ1v) is 14.7. The van der Waals surface area contributed by atoms with E-state index in [1.54, 1.807) is 0 Å². The fourth-order valence-electron chi connectivity index (χ4n) is 7.71. The van der Waals surface area contributed by atoms with Crippen LogP contribution < -0.4 is 11.5 Å². The van der Waals surface area contributed by atoms with Crippen molar-refractivity contribution in [2.45, 2.75) is 70.8 Å². The number of aliphatic hydroxyl groups excluding tert-OH is 2. The Hall–Kier alpha value is -0.700. The number of hydrogen-bond acceptors (Lipinski definition) is 6. The molecule has 3 aliphatic carbocycles. The second-order valence-corrected chi connectivity index (χ2v) is 13.1. The number of carbonyl (C=O) groups is 1. The number of allylic oxidation sites excluding steroid dienone is 2. The molecule has 1 spiro atoms. The quantitative estimate of drug-likeness (QED) is 0.270. The molecule has 0 aromatic carbocycles. The highest BCUT2D eigenvalue weighted by Crippen LogP contribution is 2.75. The van der Waals surface area contributed by atoms with Gasteiger partial charge in [-0.05, 0) is 80.1 Å². The van der Waals surface area contributed by atoms with Gasteiger partial charge in [-0.2, -0.15) is 0 Å². The molecule has 6 N–H and O–H groups in total. The maximum Gasteiger partial charge on any atom is 0.186 e. The molecule has 0 saturated heterocycles. The van der Waals surface area contributed by atoms with Gasteiger partial charge in [0.1, 0.15) is 0 Å². The van der Waals surface area contributed by atoms with E-state index in [0.29, 0.717) is 18.1 Å². The maximum atomic E-state index is 13.5. The van der Waals surface area contributed by atoms with Crippen LogP contribution in [0.25, 0.3) is 0 Å². The Kier molecular flexibility index (Phi) is 7.54. The number of guanidine groups is 1. The predicted molar refractivity (Wildman–Crippen MR) is 133 cm³/mol. The van der Waals surface area contributed by atoms with Crippen molar-refractivity contribution in [3.63, 3.8) is 0 Å². The van der Waals surface area contributed by atoms with E-state index in [1.807, 2.05) is 21.6 Å². The van der Waals surface area contributed by atoms with Crippen LogP contribution in [0.5, 0.6) is 0 Å². The number of carbonyl (C=O) groups excluding carboxylic acids is 1. The van der Waals surface area contributed by atoms with Crippen molar-refractivity contribution in [3.8, 4) is 0 Å². The molecule has 32 heavy (non-hydrogen) atoms.